The molecule has 2 nitrogen and oxygen atoms in total. The van der Waals surface area contributed by atoms with Crippen LogP contribution in [0.2, 0.25) is 0 Å². The van der Waals surface area contributed by atoms with Crippen LogP contribution in [0.4, 0.5) is 0 Å². The van der Waals surface area contributed by atoms with E-state index in [4.69, 9.17) is 0 Å². The second kappa shape index (κ2) is 3.29. The summed E-state index contributed by atoms with van der Waals surface area (Å²) < 4.78 is 0. The zero-order valence-electron chi connectivity index (χ0n) is 10.7. The first kappa shape index (κ1) is 10.6. The van der Waals surface area contributed by atoms with Gasteiger partial charge in [0.15, 0.2) is 0 Å². The Morgan fingerprint density at radius 1 is 0.600 bits per heavy atom. The molecule has 0 aromatic heterocycles. The third-order valence-corrected chi connectivity index (χ3v) is 4.63. The van der Waals surface area contributed by atoms with Gasteiger partial charge in [0.25, 0.3) is 0 Å². The van der Waals surface area contributed by atoms with Gasteiger partial charge >= 0.3 is 0 Å². The summed E-state index contributed by atoms with van der Waals surface area (Å²) in [7, 11) is 0. The molecule has 4 aromatic rings. The SMILES string of the molecule is O[C@H]1c2ccc3ccc4cccc5cc(c2c3c45)[C@@H]1O. The standard InChI is InChI=1S/C18H12O2/c19-17-12-7-6-10-5-4-9-2-1-3-11-8-13(18(17)20)16(12)15(10)14(9)11/h1-8,17-20H/t17-,18-/m0/s1. The van der Waals surface area contributed by atoms with Crippen LogP contribution in [0.1, 0.15) is 23.3 Å². The number of aliphatic hydroxyl groups is 2. The molecule has 0 aliphatic heterocycles. The Morgan fingerprint density at radius 3 is 2.10 bits per heavy atom. The van der Waals surface area contributed by atoms with Crippen LogP contribution in [0.5, 0.6) is 0 Å². The van der Waals surface area contributed by atoms with E-state index in [0.29, 0.717) is 0 Å². The Balaban J connectivity index is 2.19. The molecule has 0 spiro atoms. The van der Waals surface area contributed by atoms with Gasteiger partial charge in [-0.3, -0.25) is 0 Å². The molecule has 0 heterocycles. The molecule has 0 fully saturated rings. The van der Waals surface area contributed by atoms with Crippen LogP contribution < -0.4 is 0 Å². The van der Waals surface area contributed by atoms with E-state index in [1.807, 2.05) is 24.3 Å². The highest BCUT2D eigenvalue weighted by molar-refractivity contribution is 6.25. The van der Waals surface area contributed by atoms with Gasteiger partial charge in [-0.05, 0) is 49.5 Å². The molecule has 20 heavy (non-hydrogen) atoms. The van der Waals surface area contributed by atoms with Crippen molar-refractivity contribution in [3.8, 4) is 0 Å². The molecule has 0 saturated heterocycles. The van der Waals surface area contributed by atoms with Gasteiger partial charge in [0, 0.05) is 0 Å². The van der Waals surface area contributed by atoms with Crippen molar-refractivity contribution < 1.29 is 10.2 Å². The molecule has 0 amide bonds. The molecule has 1 aliphatic carbocycles. The van der Waals surface area contributed by atoms with Gasteiger partial charge in [-0.2, -0.15) is 0 Å². The molecule has 0 unspecified atom stereocenters. The van der Waals surface area contributed by atoms with Crippen LogP contribution in [0.25, 0.3) is 32.3 Å². The van der Waals surface area contributed by atoms with Crippen LogP contribution >= 0.6 is 0 Å². The first-order valence-electron chi connectivity index (χ1n) is 6.82. The summed E-state index contributed by atoms with van der Waals surface area (Å²) in [6.07, 6.45) is -1.63. The Bertz CT molecular complexity index is 987. The fraction of sp³-hybridized carbons (Fsp3) is 0.111. The van der Waals surface area contributed by atoms with E-state index in [0.717, 1.165) is 27.3 Å². The van der Waals surface area contributed by atoms with Crippen LogP contribution in [0.15, 0.2) is 48.5 Å². The van der Waals surface area contributed by atoms with Crippen LogP contribution in [-0.4, -0.2) is 10.2 Å². The Morgan fingerprint density at radius 2 is 1.25 bits per heavy atom. The summed E-state index contributed by atoms with van der Waals surface area (Å²) in [5.41, 5.74) is 1.70. The largest absolute Gasteiger partial charge is 0.385 e. The maximum atomic E-state index is 10.3. The summed E-state index contributed by atoms with van der Waals surface area (Å²) in [4.78, 5) is 0. The zero-order chi connectivity index (χ0) is 13.4. The number of hydrogen-bond acceptors (Lipinski definition) is 2. The smallest absolute Gasteiger partial charge is 0.110 e. The topological polar surface area (TPSA) is 40.5 Å². The summed E-state index contributed by atoms with van der Waals surface area (Å²) in [5, 5.41) is 27.5. The Kier molecular flexibility index (Phi) is 1.74. The van der Waals surface area contributed by atoms with Gasteiger partial charge in [0.1, 0.15) is 12.2 Å². The van der Waals surface area contributed by atoms with E-state index in [9.17, 15) is 10.2 Å². The minimum Gasteiger partial charge on any atom is -0.385 e. The molecule has 0 bridgehead atoms. The summed E-state index contributed by atoms with van der Waals surface area (Å²) >= 11 is 0. The molecular weight excluding hydrogens is 248 g/mol. The van der Waals surface area contributed by atoms with E-state index in [1.165, 1.54) is 16.2 Å². The van der Waals surface area contributed by atoms with Gasteiger partial charge < -0.3 is 10.2 Å². The lowest BCUT2D eigenvalue weighted by Crippen LogP contribution is -2.02. The van der Waals surface area contributed by atoms with Crippen molar-refractivity contribution in [1.82, 2.24) is 0 Å². The molecule has 96 valence electrons. The average molecular weight is 260 g/mol. The zero-order valence-corrected chi connectivity index (χ0v) is 10.7. The summed E-state index contributed by atoms with van der Waals surface area (Å²) in [5.74, 6) is 0. The number of aliphatic hydroxyl groups excluding tert-OH is 2. The lowest BCUT2D eigenvalue weighted by atomic mass is 9.91. The van der Waals surface area contributed by atoms with E-state index >= 15 is 0 Å². The average Bonchev–Trinajstić information content (AvgIpc) is 2.73. The molecule has 1 aliphatic rings. The minimum atomic E-state index is -0.820. The molecule has 2 heteroatoms. The molecule has 5 rings (SSSR count). The minimum absolute atomic E-state index is 0.815. The third kappa shape index (κ3) is 1.04. The van der Waals surface area contributed by atoms with Crippen molar-refractivity contribution in [2.75, 3.05) is 0 Å². The van der Waals surface area contributed by atoms with Gasteiger partial charge in [-0.15, -0.1) is 0 Å². The molecule has 0 radical (unpaired) electrons. The maximum absolute atomic E-state index is 10.3. The maximum Gasteiger partial charge on any atom is 0.110 e. The van der Waals surface area contributed by atoms with Crippen molar-refractivity contribution in [1.29, 1.82) is 0 Å². The van der Waals surface area contributed by atoms with Gasteiger partial charge in [-0.25, -0.2) is 0 Å². The number of hydrogen-bond donors (Lipinski definition) is 2. The van der Waals surface area contributed by atoms with E-state index in [2.05, 4.69) is 24.3 Å². The molecule has 0 saturated carbocycles. The Hall–Kier alpha value is -2.16. The normalized spacial score (nSPS) is 21.5. The van der Waals surface area contributed by atoms with E-state index in [-0.39, 0.29) is 0 Å². The molecule has 4 aromatic carbocycles. The van der Waals surface area contributed by atoms with E-state index < -0.39 is 12.2 Å². The molecule has 2 atom stereocenters. The van der Waals surface area contributed by atoms with Crippen molar-refractivity contribution in [3.63, 3.8) is 0 Å². The van der Waals surface area contributed by atoms with Crippen molar-refractivity contribution >= 4 is 32.3 Å². The lowest BCUT2D eigenvalue weighted by molar-refractivity contribution is 0.0254. The second-order valence-corrected chi connectivity index (χ2v) is 5.63. The number of rotatable bonds is 0. The first-order chi connectivity index (χ1) is 9.75. The fourth-order valence-electron chi connectivity index (χ4n) is 3.73. The lowest BCUT2D eigenvalue weighted by Gasteiger charge is -2.12. The van der Waals surface area contributed by atoms with Crippen LogP contribution in [0, 0.1) is 0 Å². The first-order valence-corrected chi connectivity index (χ1v) is 6.82. The van der Waals surface area contributed by atoms with E-state index in [1.54, 1.807) is 0 Å². The van der Waals surface area contributed by atoms with Gasteiger partial charge in [0.2, 0.25) is 0 Å². The monoisotopic (exact) mass is 260 g/mol. The van der Waals surface area contributed by atoms with Crippen molar-refractivity contribution in [3.05, 3.63) is 59.7 Å². The fourth-order valence-corrected chi connectivity index (χ4v) is 3.73. The van der Waals surface area contributed by atoms with Gasteiger partial charge in [-0.1, -0.05) is 42.5 Å². The predicted molar refractivity (Wildman–Crippen MR) is 80.1 cm³/mol. The predicted octanol–water partition coefficient (Wildman–Crippen LogP) is 3.66. The number of benzene rings is 4. The second-order valence-electron chi connectivity index (χ2n) is 5.63. The van der Waals surface area contributed by atoms with Crippen molar-refractivity contribution in [2.45, 2.75) is 12.2 Å². The highest BCUT2D eigenvalue weighted by Gasteiger charge is 2.32. The van der Waals surface area contributed by atoms with Crippen LogP contribution in [0.3, 0.4) is 0 Å². The summed E-state index contributed by atoms with van der Waals surface area (Å²) in [6, 6.07) is 16.5. The summed E-state index contributed by atoms with van der Waals surface area (Å²) in [6.45, 7) is 0. The van der Waals surface area contributed by atoms with Crippen LogP contribution in [-0.2, 0) is 0 Å². The third-order valence-electron chi connectivity index (χ3n) is 4.63. The highest BCUT2D eigenvalue weighted by Crippen LogP contribution is 2.48. The molecule has 2 N–H and O–H groups in total. The molecular formula is C18H12O2. The Labute approximate surface area is 115 Å². The highest BCUT2D eigenvalue weighted by atomic mass is 16.3. The van der Waals surface area contributed by atoms with Gasteiger partial charge in [0.05, 0.1) is 0 Å². The quantitative estimate of drug-likeness (QED) is 0.474. The van der Waals surface area contributed by atoms with Crippen molar-refractivity contribution in [2.24, 2.45) is 0 Å².